The van der Waals surface area contributed by atoms with Crippen LogP contribution in [0.2, 0.25) is 0 Å². The van der Waals surface area contributed by atoms with Gasteiger partial charge in [-0.15, -0.1) is 11.8 Å². The summed E-state index contributed by atoms with van der Waals surface area (Å²) >= 11 is 1.52. The lowest BCUT2D eigenvalue weighted by atomic mass is 9.71. The Bertz CT molecular complexity index is 2500. The third-order valence-electron chi connectivity index (χ3n) is 13.3. The zero-order valence-corrected chi connectivity index (χ0v) is 33.8. The molecule has 3 N–H and O–H groups in total. The highest BCUT2D eigenvalue weighted by Gasteiger charge is 2.61. The predicted octanol–water partition coefficient (Wildman–Crippen LogP) is 5.32. The van der Waals surface area contributed by atoms with Crippen LogP contribution in [-0.4, -0.2) is 95.7 Å². The molecule has 2 unspecified atom stereocenters. The number of phenols is 1. The molecule has 302 valence electrons. The molecule has 58 heavy (non-hydrogen) atoms. The van der Waals surface area contributed by atoms with Crippen molar-refractivity contribution in [3.63, 3.8) is 0 Å². The number of thioether (sulfide) groups is 1. The number of carbonyl (C=O) groups excluding carboxylic acids is 2. The number of aromatic nitrogens is 1. The van der Waals surface area contributed by atoms with Gasteiger partial charge in [-0.3, -0.25) is 24.7 Å². The van der Waals surface area contributed by atoms with Crippen molar-refractivity contribution in [3.8, 4) is 34.8 Å². The first-order valence-corrected chi connectivity index (χ1v) is 20.7. The van der Waals surface area contributed by atoms with Gasteiger partial charge in [-0.2, -0.15) is 5.26 Å². The molecular weight excluding hydrogens is 766 g/mol. The van der Waals surface area contributed by atoms with E-state index in [0.717, 1.165) is 27.6 Å². The summed E-state index contributed by atoms with van der Waals surface area (Å²) in [6, 6.07) is 6.53. The second-order valence-electron chi connectivity index (χ2n) is 16.5. The van der Waals surface area contributed by atoms with Crippen molar-refractivity contribution >= 4 is 34.4 Å². The fraction of sp³-hybridized carbons (Fsp3) is 0.465. The number of phenolic OH excluding ortho intramolecular Hbond substituents is 1. The molecule has 2 saturated heterocycles. The van der Waals surface area contributed by atoms with Crippen LogP contribution >= 0.6 is 11.8 Å². The number of carbonyl (C=O) groups is 2. The van der Waals surface area contributed by atoms with Gasteiger partial charge in [-0.25, -0.2) is 4.39 Å². The number of rotatable bonds is 2. The molecule has 1 spiro atoms. The van der Waals surface area contributed by atoms with Gasteiger partial charge in [0.05, 0.1) is 37.1 Å². The number of benzene rings is 3. The lowest BCUT2D eigenvalue weighted by Crippen LogP contribution is -2.69. The van der Waals surface area contributed by atoms with E-state index < -0.39 is 40.9 Å². The fourth-order valence-electron chi connectivity index (χ4n) is 11.1. The number of piperazine rings is 1. The largest absolute Gasteiger partial charge is 0.504 e. The lowest BCUT2D eigenvalue weighted by molar-refractivity contribution is -0.133. The number of methoxy groups -OCH3 is 1. The Hall–Kier alpha value is -4.85. The van der Waals surface area contributed by atoms with Gasteiger partial charge in [0.25, 0.3) is 0 Å². The minimum absolute atomic E-state index is 0.0151. The highest BCUT2D eigenvalue weighted by atomic mass is 32.2. The van der Waals surface area contributed by atoms with Crippen LogP contribution in [0.15, 0.2) is 24.3 Å². The van der Waals surface area contributed by atoms with E-state index in [1.807, 2.05) is 33.9 Å². The standard InChI is InChI=1S/C43H44FN5O8S/c1-18-9-22-11-27-28(13-45)49-29-14-54-15-30(51)43(42-25(10-19(2)47-43)24-12-23(44)7-8-26(24)46-42)16-58-41(35(49)34(48(27)5)31(22)36(52)37(18)53-6)33-32(29)40-39(55-17-56-40)20(3)38(33)57-21(4)50/h7-9,12,19,27-29,34-35,41,46-47,52H,10-11,14-17H2,1-6H3/t19?,27-,28+,29+,34+,35?,41-,43+/m1/s1. The van der Waals surface area contributed by atoms with E-state index in [9.17, 15) is 24.3 Å². The molecule has 0 saturated carbocycles. The summed E-state index contributed by atoms with van der Waals surface area (Å²) in [5, 5.41) is 27.2. The highest BCUT2D eigenvalue weighted by molar-refractivity contribution is 7.99. The van der Waals surface area contributed by atoms with E-state index in [-0.39, 0.29) is 55.2 Å². The van der Waals surface area contributed by atoms with Gasteiger partial charge < -0.3 is 33.8 Å². The van der Waals surface area contributed by atoms with Crippen molar-refractivity contribution in [2.24, 2.45) is 0 Å². The Kier molecular flexibility index (Phi) is 8.60. The molecule has 8 heterocycles. The zero-order valence-electron chi connectivity index (χ0n) is 33.0. The SMILES string of the molecule is COc1c(C)cc2c(c1O)[C@H]1C3[C@@H]4SC[C@]5(NC(C)Cc6c5[nH]c5ccc(F)cc65)C(=O)COC[C@@H](c5c6c(c(C)c(OC(C)=O)c54)OCO6)N3[C@@H](C#N)[C@@H](C2)N1C. The van der Waals surface area contributed by atoms with Crippen molar-refractivity contribution in [1.29, 1.82) is 5.26 Å². The van der Waals surface area contributed by atoms with Gasteiger partial charge in [0, 0.05) is 69.7 Å². The van der Waals surface area contributed by atoms with E-state index >= 15 is 0 Å². The maximum atomic E-state index is 15.0. The summed E-state index contributed by atoms with van der Waals surface area (Å²) in [6.07, 6.45) is 1.07. The zero-order chi connectivity index (χ0) is 40.5. The summed E-state index contributed by atoms with van der Waals surface area (Å²) < 4.78 is 45.7. The van der Waals surface area contributed by atoms with Crippen LogP contribution in [0.25, 0.3) is 10.9 Å². The number of likely N-dealkylation sites (N-methyl/N-ethyl adjacent to an activating group) is 1. The number of Topliss-reactive ketones (excluding diaryl/α,β-unsaturated/α-hetero) is 1. The van der Waals surface area contributed by atoms with Gasteiger partial charge in [0.1, 0.15) is 29.8 Å². The van der Waals surface area contributed by atoms with Gasteiger partial charge >= 0.3 is 5.97 Å². The van der Waals surface area contributed by atoms with Crippen LogP contribution in [-0.2, 0) is 32.7 Å². The minimum Gasteiger partial charge on any atom is -0.504 e. The number of nitriles is 1. The number of hydrogen-bond acceptors (Lipinski definition) is 13. The number of nitrogens with zero attached hydrogens (tertiary/aromatic N) is 3. The van der Waals surface area contributed by atoms with E-state index in [1.54, 1.807) is 13.2 Å². The van der Waals surface area contributed by atoms with Gasteiger partial charge in [-0.1, -0.05) is 6.07 Å². The molecule has 4 bridgehead atoms. The summed E-state index contributed by atoms with van der Waals surface area (Å²) in [6.45, 7) is 6.79. The second kappa shape index (κ2) is 13.3. The first kappa shape index (κ1) is 37.4. The monoisotopic (exact) mass is 809 g/mol. The Morgan fingerprint density at radius 2 is 1.93 bits per heavy atom. The van der Waals surface area contributed by atoms with Crippen LogP contribution in [0, 0.1) is 31.0 Å². The normalized spacial score (nSPS) is 29.9. The van der Waals surface area contributed by atoms with E-state index in [2.05, 4.69) is 26.2 Å². The number of fused-ring (bicyclic) bond motifs is 12. The van der Waals surface area contributed by atoms with Crippen molar-refractivity contribution in [1.82, 2.24) is 20.1 Å². The molecule has 11 rings (SSSR count). The molecule has 0 aliphatic carbocycles. The first-order chi connectivity index (χ1) is 27.9. The molecule has 3 aromatic carbocycles. The second-order valence-corrected chi connectivity index (χ2v) is 17.6. The molecule has 7 aliphatic heterocycles. The average molecular weight is 810 g/mol. The smallest absolute Gasteiger partial charge is 0.308 e. The number of ketones is 1. The number of nitrogens with one attached hydrogen (secondary N) is 2. The van der Waals surface area contributed by atoms with Gasteiger partial charge in [-0.05, 0) is 75.5 Å². The third kappa shape index (κ3) is 5.08. The van der Waals surface area contributed by atoms with Crippen molar-refractivity contribution in [3.05, 3.63) is 74.7 Å². The molecular formula is C43H44FN5O8S. The molecule has 15 heteroatoms. The Labute approximate surface area is 338 Å². The minimum atomic E-state index is -1.31. The lowest BCUT2D eigenvalue weighted by Gasteiger charge is -2.61. The molecule has 8 atom stereocenters. The van der Waals surface area contributed by atoms with Crippen LogP contribution in [0.1, 0.15) is 75.8 Å². The number of ether oxygens (including phenoxy) is 5. The Morgan fingerprint density at radius 1 is 1.14 bits per heavy atom. The Morgan fingerprint density at radius 3 is 2.69 bits per heavy atom. The summed E-state index contributed by atoms with van der Waals surface area (Å²) in [7, 11) is 3.54. The average Bonchev–Trinajstić information content (AvgIpc) is 3.81. The first-order valence-electron chi connectivity index (χ1n) is 19.6. The van der Waals surface area contributed by atoms with E-state index in [1.165, 1.54) is 30.8 Å². The number of aromatic hydroxyl groups is 1. The van der Waals surface area contributed by atoms with E-state index in [0.29, 0.717) is 63.8 Å². The molecule has 2 fully saturated rings. The van der Waals surface area contributed by atoms with Crippen LogP contribution in [0.3, 0.4) is 0 Å². The molecule has 13 nitrogen and oxygen atoms in total. The number of H-pyrrole nitrogens is 1. The van der Waals surface area contributed by atoms with Crippen LogP contribution in [0.4, 0.5) is 4.39 Å². The number of aromatic amines is 1. The summed E-state index contributed by atoms with van der Waals surface area (Å²) in [5.41, 5.74) is 5.35. The number of esters is 1. The number of hydrogen-bond donors (Lipinski definition) is 3. The summed E-state index contributed by atoms with van der Waals surface area (Å²) in [5.74, 6) is 0.804. The number of halogens is 1. The van der Waals surface area contributed by atoms with Crippen molar-refractivity contribution in [2.45, 2.75) is 87.6 Å². The Balaban J connectivity index is 1.26. The predicted molar refractivity (Wildman–Crippen MR) is 211 cm³/mol. The third-order valence-corrected chi connectivity index (χ3v) is 14.8. The topological polar surface area (TPSA) is 159 Å². The molecule has 0 radical (unpaired) electrons. The van der Waals surface area contributed by atoms with Crippen molar-refractivity contribution in [2.75, 3.05) is 39.9 Å². The highest BCUT2D eigenvalue weighted by Crippen LogP contribution is 2.64. The molecule has 1 aromatic heterocycles. The fourth-order valence-corrected chi connectivity index (χ4v) is 12.8. The quantitative estimate of drug-likeness (QED) is 0.177. The molecule has 7 aliphatic rings. The maximum Gasteiger partial charge on any atom is 0.308 e. The van der Waals surface area contributed by atoms with E-state index in [4.69, 9.17) is 23.7 Å². The van der Waals surface area contributed by atoms with Gasteiger partial charge in [0.15, 0.2) is 28.8 Å². The molecule has 4 aromatic rings. The van der Waals surface area contributed by atoms with Crippen LogP contribution in [0.5, 0.6) is 28.7 Å². The van der Waals surface area contributed by atoms with Crippen LogP contribution < -0.4 is 24.3 Å². The number of aryl methyl sites for hydroxylation is 1. The maximum absolute atomic E-state index is 15.0. The summed E-state index contributed by atoms with van der Waals surface area (Å²) in [4.78, 5) is 36.0. The molecule has 0 amide bonds. The van der Waals surface area contributed by atoms with Crippen molar-refractivity contribution < 1.29 is 42.8 Å². The van der Waals surface area contributed by atoms with Gasteiger partial charge in [0.2, 0.25) is 6.79 Å².